The zero-order valence-electron chi connectivity index (χ0n) is 19.1. The predicted octanol–water partition coefficient (Wildman–Crippen LogP) is 4.45. The van der Waals surface area contributed by atoms with E-state index in [1.54, 1.807) is 19.1 Å². The molecule has 1 atom stereocenters. The number of rotatable bonds is 9. The second-order valence-electron chi connectivity index (χ2n) is 8.68. The molecule has 0 fully saturated rings. The number of ether oxygens (including phenoxy) is 1. The maximum absolute atomic E-state index is 13.3. The maximum atomic E-state index is 13.3. The highest BCUT2D eigenvalue weighted by atomic mass is 19.1. The molecule has 0 saturated carbocycles. The standard InChI is InChI=1S/C25H33FN2O3/c1-6-15-27-24(30)18(2)28(16-19-7-11-21(26)12-8-19)23(29)17-31-22-13-9-20(10-14-22)25(3,4)5/h7-14,18H,6,15-17H2,1-5H3,(H,27,30). The van der Waals surface area contributed by atoms with Gasteiger partial charge in [0.25, 0.3) is 5.91 Å². The molecule has 31 heavy (non-hydrogen) atoms. The summed E-state index contributed by atoms with van der Waals surface area (Å²) in [4.78, 5) is 26.9. The Morgan fingerprint density at radius 3 is 2.23 bits per heavy atom. The van der Waals surface area contributed by atoms with Crippen molar-refractivity contribution in [3.05, 3.63) is 65.5 Å². The summed E-state index contributed by atoms with van der Waals surface area (Å²) in [5, 5.41) is 2.82. The number of amides is 2. The molecule has 0 aromatic heterocycles. The first-order valence-electron chi connectivity index (χ1n) is 10.7. The lowest BCUT2D eigenvalue weighted by atomic mass is 9.87. The monoisotopic (exact) mass is 428 g/mol. The van der Waals surface area contributed by atoms with Crippen molar-refractivity contribution >= 4 is 11.8 Å². The van der Waals surface area contributed by atoms with Crippen LogP contribution in [-0.2, 0) is 21.5 Å². The molecule has 1 N–H and O–H groups in total. The molecule has 0 aliphatic carbocycles. The molecule has 0 bridgehead atoms. The summed E-state index contributed by atoms with van der Waals surface area (Å²) in [5.74, 6) is -0.307. The lowest BCUT2D eigenvalue weighted by Crippen LogP contribution is -2.49. The Morgan fingerprint density at radius 2 is 1.68 bits per heavy atom. The molecule has 2 amide bonds. The fourth-order valence-electron chi connectivity index (χ4n) is 3.04. The smallest absolute Gasteiger partial charge is 0.261 e. The highest BCUT2D eigenvalue weighted by Gasteiger charge is 2.26. The van der Waals surface area contributed by atoms with E-state index < -0.39 is 6.04 Å². The van der Waals surface area contributed by atoms with Gasteiger partial charge in [-0.2, -0.15) is 0 Å². The molecule has 1 unspecified atom stereocenters. The first kappa shape index (κ1) is 24.4. The van der Waals surface area contributed by atoms with E-state index >= 15 is 0 Å². The molecular formula is C25H33FN2O3. The summed E-state index contributed by atoms with van der Waals surface area (Å²) in [6.07, 6.45) is 0.804. The summed E-state index contributed by atoms with van der Waals surface area (Å²) in [7, 11) is 0. The number of carbonyl (C=O) groups is 2. The third-order valence-electron chi connectivity index (χ3n) is 5.07. The molecule has 0 aliphatic rings. The van der Waals surface area contributed by atoms with Crippen LogP contribution in [0.5, 0.6) is 5.75 Å². The van der Waals surface area contributed by atoms with E-state index in [1.165, 1.54) is 22.6 Å². The van der Waals surface area contributed by atoms with Crippen LogP contribution >= 0.6 is 0 Å². The van der Waals surface area contributed by atoms with Crippen LogP contribution in [0.1, 0.15) is 52.2 Å². The lowest BCUT2D eigenvalue weighted by molar-refractivity contribution is -0.142. The summed E-state index contributed by atoms with van der Waals surface area (Å²) in [5.41, 5.74) is 1.94. The molecule has 0 spiro atoms. The van der Waals surface area contributed by atoms with Crippen molar-refractivity contribution in [2.24, 2.45) is 0 Å². The number of halogens is 1. The molecule has 2 aromatic rings. The Morgan fingerprint density at radius 1 is 1.06 bits per heavy atom. The normalized spacial score (nSPS) is 12.2. The third-order valence-corrected chi connectivity index (χ3v) is 5.07. The third kappa shape index (κ3) is 7.39. The number of nitrogens with one attached hydrogen (secondary N) is 1. The van der Waals surface area contributed by atoms with Crippen molar-refractivity contribution in [2.45, 2.75) is 59.0 Å². The topological polar surface area (TPSA) is 58.6 Å². The number of nitrogens with zero attached hydrogens (tertiary/aromatic N) is 1. The summed E-state index contributed by atoms with van der Waals surface area (Å²) in [6, 6.07) is 12.9. The first-order chi connectivity index (χ1) is 14.6. The van der Waals surface area contributed by atoms with Gasteiger partial charge in [-0.1, -0.05) is 52.0 Å². The van der Waals surface area contributed by atoms with Crippen LogP contribution in [0.3, 0.4) is 0 Å². The van der Waals surface area contributed by atoms with E-state index in [4.69, 9.17) is 4.74 Å². The average Bonchev–Trinajstić information content (AvgIpc) is 2.74. The Kier molecular flexibility index (Phi) is 8.60. The molecular weight excluding hydrogens is 395 g/mol. The second-order valence-corrected chi connectivity index (χ2v) is 8.68. The van der Waals surface area contributed by atoms with Gasteiger partial charge in [-0.05, 0) is 54.2 Å². The Hall–Kier alpha value is -2.89. The number of hydrogen-bond acceptors (Lipinski definition) is 3. The summed E-state index contributed by atoms with van der Waals surface area (Å²) >= 11 is 0. The van der Waals surface area contributed by atoms with Gasteiger partial charge in [0, 0.05) is 13.1 Å². The minimum Gasteiger partial charge on any atom is -0.484 e. The molecule has 168 valence electrons. The minimum absolute atomic E-state index is 0.0294. The van der Waals surface area contributed by atoms with Gasteiger partial charge in [-0.15, -0.1) is 0 Å². The first-order valence-corrected chi connectivity index (χ1v) is 10.7. The second kappa shape index (κ2) is 10.9. The van der Waals surface area contributed by atoms with E-state index in [2.05, 4.69) is 26.1 Å². The SMILES string of the molecule is CCCNC(=O)C(C)N(Cc1ccc(F)cc1)C(=O)COc1ccc(C(C)(C)C)cc1. The predicted molar refractivity (Wildman–Crippen MR) is 120 cm³/mol. The van der Waals surface area contributed by atoms with Crippen molar-refractivity contribution in [2.75, 3.05) is 13.2 Å². The van der Waals surface area contributed by atoms with Crippen LogP contribution in [0.25, 0.3) is 0 Å². The Labute approximate surface area is 184 Å². The molecule has 2 aromatic carbocycles. The van der Waals surface area contributed by atoms with Gasteiger partial charge >= 0.3 is 0 Å². The van der Waals surface area contributed by atoms with Crippen molar-refractivity contribution in [1.82, 2.24) is 10.2 Å². The van der Waals surface area contributed by atoms with Crippen LogP contribution in [0.4, 0.5) is 4.39 Å². The molecule has 2 rings (SSSR count). The van der Waals surface area contributed by atoms with E-state index in [-0.39, 0.29) is 36.2 Å². The van der Waals surface area contributed by atoms with Crippen molar-refractivity contribution < 1.29 is 18.7 Å². The largest absolute Gasteiger partial charge is 0.484 e. The molecule has 6 heteroatoms. The van der Waals surface area contributed by atoms with E-state index in [0.29, 0.717) is 12.3 Å². The van der Waals surface area contributed by atoms with Crippen LogP contribution in [0.2, 0.25) is 0 Å². The molecule has 0 saturated heterocycles. The van der Waals surface area contributed by atoms with Crippen LogP contribution in [0.15, 0.2) is 48.5 Å². The quantitative estimate of drug-likeness (QED) is 0.642. The summed E-state index contributed by atoms with van der Waals surface area (Å²) in [6.45, 7) is 10.6. The Bertz CT molecular complexity index is 858. The number of benzene rings is 2. The summed E-state index contributed by atoms with van der Waals surface area (Å²) < 4.78 is 19.0. The van der Waals surface area contributed by atoms with Gasteiger partial charge in [-0.25, -0.2) is 4.39 Å². The van der Waals surface area contributed by atoms with Crippen molar-refractivity contribution in [3.63, 3.8) is 0 Å². The molecule has 0 aliphatic heterocycles. The van der Waals surface area contributed by atoms with Gasteiger partial charge < -0.3 is 15.0 Å². The van der Waals surface area contributed by atoms with E-state index in [0.717, 1.165) is 12.0 Å². The number of carbonyl (C=O) groups excluding carboxylic acids is 2. The van der Waals surface area contributed by atoms with Crippen LogP contribution in [-0.4, -0.2) is 35.9 Å². The average molecular weight is 429 g/mol. The van der Waals surface area contributed by atoms with Gasteiger partial charge in [0.15, 0.2) is 6.61 Å². The maximum Gasteiger partial charge on any atom is 0.261 e. The zero-order valence-corrected chi connectivity index (χ0v) is 19.1. The zero-order chi connectivity index (χ0) is 23.0. The van der Waals surface area contributed by atoms with Crippen molar-refractivity contribution in [1.29, 1.82) is 0 Å². The fourth-order valence-corrected chi connectivity index (χ4v) is 3.04. The van der Waals surface area contributed by atoms with Gasteiger partial charge in [0.05, 0.1) is 0 Å². The fraction of sp³-hybridized carbons (Fsp3) is 0.440. The lowest BCUT2D eigenvalue weighted by Gasteiger charge is -2.28. The van der Waals surface area contributed by atoms with E-state index in [9.17, 15) is 14.0 Å². The van der Waals surface area contributed by atoms with Gasteiger partial charge in [0.1, 0.15) is 17.6 Å². The minimum atomic E-state index is -0.684. The molecule has 5 nitrogen and oxygen atoms in total. The Balaban J connectivity index is 2.10. The van der Waals surface area contributed by atoms with Crippen LogP contribution in [0, 0.1) is 5.82 Å². The van der Waals surface area contributed by atoms with E-state index in [1.807, 2.05) is 31.2 Å². The van der Waals surface area contributed by atoms with Crippen molar-refractivity contribution in [3.8, 4) is 5.75 Å². The highest BCUT2D eigenvalue weighted by molar-refractivity contribution is 5.87. The van der Waals surface area contributed by atoms with Gasteiger partial charge in [-0.3, -0.25) is 9.59 Å². The highest BCUT2D eigenvalue weighted by Crippen LogP contribution is 2.24. The van der Waals surface area contributed by atoms with Crippen LogP contribution < -0.4 is 10.1 Å². The molecule has 0 heterocycles. The molecule has 0 radical (unpaired) electrons. The van der Waals surface area contributed by atoms with Gasteiger partial charge in [0.2, 0.25) is 5.91 Å². The number of hydrogen-bond donors (Lipinski definition) is 1.